The van der Waals surface area contributed by atoms with Crippen molar-refractivity contribution in [1.82, 2.24) is 4.31 Å². The minimum Gasteiger partial charge on any atom is -0.325 e. The van der Waals surface area contributed by atoms with E-state index in [0.717, 1.165) is 37.8 Å². The molecule has 0 saturated carbocycles. The van der Waals surface area contributed by atoms with Crippen LogP contribution in [0.3, 0.4) is 0 Å². The molecule has 6 heteroatoms. The van der Waals surface area contributed by atoms with Gasteiger partial charge in [-0.3, -0.25) is 4.79 Å². The van der Waals surface area contributed by atoms with Crippen LogP contribution in [0.5, 0.6) is 0 Å². The zero-order valence-electron chi connectivity index (χ0n) is 12.8. The third-order valence-electron chi connectivity index (χ3n) is 4.55. The first-order valence-corrected chi connectivity index (χ1v) is 9.69. The number of fused-ring (bicyclic) bond motifs is 1. The van der Waals surface area contributed by atoms with E-state index in [2.05, 4.69) is 11.4 Å². The summed E-state index contributed by atoms with van der Waals surface area (Å²) in [6.45, 7) is 0.432. The largest absolute Gasteiger partial charge is 0.325 e. The number of benzene rings is 1. The van der Waals surface area contributed by atoms with Crippen molar-refractivity contribution in [2.75, 3.05) is 18.1 Å². The maximum atomic E-state index is 12.5. The van der Waals surface area contributed by atoms with Crippen molar-refractivity contribution in [3.63, 3.8) is 0 Å². The van der Waals surface area contributed by atoms with E-state index in [-0.39, 0.29) is 5.91 Å². The maximum Gasteiger partial charge on any atom is 0.242 e. The average molecular weight is 322 g/mol. The van der Waals surface area contributed by atoms with Crippen LogP contribution in [0.2, 0.25) is 0 Å². The van der Waals surface area contributed by atoms with E-state index in [0.29, 0.717) is 13.0 Å². The lowest BCUT2D eigenvalue weighted by atomic mass is 10.0. The quantitative estimate of drug-likeness (QED) is 0.924. The third kappa shape index (κ3) is 3.17. The monoisotopic (exact) mass is 322 g/mol. The van der Waals surface area contributed by atoms with Gasteiger partial charge in [0.05, 0.1) is 6.26 Å². The van der Waals surface area contributed by atoms with Gasteiger partial charge in [0.25, 0.3) is 0 Å². The van der Waals surface area contributed by atoms with E-state index in [1.807, 2.05) is 12.1 Å². The number of hydrogen-bond donors (Lipinski definition) is 1. The molecule has 1 unspecified atom stereocenters. The average Bonchev–Trinajstić information content (AvgIpc) is 2.94. The Balaban J connectivity index is 1.75. The first-order chi connectivity index (χ1) is 10.4. The number of hydrogen-bond acceptors (Lipinski definition) is 3. The lowest BCUT2D eigenvalue weighted by Gasteiger charge is -2.32. The van der Waals surface area contributed by atoms with Gasteiger partial charge in [0.2, 0.25) is 15.9 Å². The summed E-state index contributed by atoms with van der Waals surface area (Å²) in [5.74, 6) is -0.219. The van der Waals surface area contributed by atoms with E-state index in [9.17, 15) is 13.2 Å². The lowest BCUT2D eigenvalue weighted by Crippen LogP contribution is -2.49. The van der Waals surface area contributed by atoms with Gasteiger partial charge in [-0.1, -0.05) is 12.5 Å². The Morgan fingerprint density at radius 2 is 1.95 bits per heavy atom. The molecule has 1 aromatic carbocycles. The van der Waals surface area contributed by atoms with Crippen molar-refractivity contribution < 1.29 is 13.2 Å². The number of rotatable bonds is 3. The minimum absolute atomic E-state index is 0.219. The Hall–Kier alpha value is -1.40. The van der Waals surface area contributed by atoms with Crippen LogP contribution >= 0.6 is 0 Å². The molecule has 0 radical (unpaired) electrons. The highest BCUT2D eigenvalue weighted by Crippen LogP contribution is 2.26. The van der Waals surface area contributed by atoms with Crippen LogP contribution in [0.15, 0.2) is 18.2 Å². The molecule has 1 aromatic rings. The van der Waals surface area contributed by atoms with Crippen molar-refractivity contribution in [3.05, 3.63) is 29.3 Å². The van der Waals surface area contributed by atoms with Crippen LogP contribution in [-0.4, -0.2) is 37.5 Å². The summed E-state index contributed by atoms with van der Waals surface area (Å²) in [6, 6.07) is 5.41. The number of sulfonamides is 1. The zero-order chi connectivity index (χ0) is 15.7. The molecule has 0 spiro atoms. The van der Waals surface area contributed by atoms with Crippen LogP contribution in [0.25, 0.3) is 0 Å². The number of carbonyl (C=O) groups is 1. The predicted octanol–water partition coefficient (Wildman–Crippen LogP) is 1.93. The van der Waals surface area contributed by atoms with Gasteiger partial charge < -0.3 is 5.32 Å². The van der Waals surface area contributed by atoms with Gasteiger partial charge >= 0.3 is 0 Å². The molecule has 120 valence electrons. The molecule has 5 nitrogen and oxygen atoms in total. The van der Waals surface area contributed by atoms with Gasteiger partial charge in [0.1, 0.15) is 6.04 Å². The number of aryl methyl sites for hydroxylation is 2. The SMILES string of the molecule is CS(=O)(=O)N1CCCCC1C(=O)Nc1ccc2c(c1)CCC2. The molecule has 1 atom stereocenters. The molecule has 3 rings (SSSR count). The molecule has 1 aliphatic heterocycles. The van der Waals surface area contributed by atoms with E-state index in [1.54, 1.807) is 0 Å². The molecular weight excluding hydrogens is 300 g/mol. The first-order valence-electron chi connectivity index (χ1n) is 7.84. The molecule has 0 bridgehead atoms. The van der Waals surface area contributed by atoms with Crippen molar-refractivity contribution in [3.8, 4) is 0 Å². The van der Waals surface area contributed by atoms with Crippen LogP contribution in [0.1, 0.15) is 36.8 Å². The first kappa shape index (κ1) is 15.5. The molecule has 22 heavy (non-hydrogen) atoms. The molecule has 0 aromatic heterocycles. The van der Waals surface area contributed by atoms with Crippen LogP contribution in [0.4, 0.5) is 5.69 Å². The second kappa shape index (κ2) is 6.01. The van der Waals surface area contributed by atoms with E-state index in [1.165, 1.54) is 21.7 Å². The fraction of sp³-hybridized carbons (Fsp3) is 0.562. The van der Waals surface area contributed by atoms with Crippen molar-refractivity contribution in [2.24, 2.45) is 0 Å². The van der Waals surface area contributed by atoms with Gasteiger partial charge in [0, 0.05) is 12.2 Å². The zero-order valence-corrected chi connectivity index (χ0v) is 13.7. The summed E-state index contributed by atoms with van der Waals surface area (Å²) in [6.07, 6.45) is 6.78. The number of anilines is 1. The Morgan fingerprint density at radius 1 is 1.18 bits per heavy atom. The van der Waals surface area contributed by atoms with Crippen molar-refractivity contribution >= 4 is 21.6 Å². The molecule has 1 heterocycles. The minimum atomic E-state index is -3.35. The van der Waals surface area contributed by atoms with Crippen molar-refractivity contribution in [1.29, 1.82) is 0 Å². The van der Waals surface area contributed by atoms with Gasteiger partial charge in [-0.05, 0) is 55.4 Å². The Morgan fingerprint density at radius 3 is 2.73 bits per heavy atom. The van der Waals surface area contributed by atoms with E-state index in [4.69, 9.17) is 0 Å². The summed E-state index contributed by atoms with van der Waals surface area (Å²) >= 11 is 0. The Bertz CT molecular complexity index is 685. The summed E-state index contributed by atoms with van der Waals surface area (Å²) in [4.78, 5) is 12.5. The maximum absolute atomic E-state index is 12.5. The highest BCUT2D eigenvalue weighted by molar-refractivity contribution is 7.88. The van der Waals surface area contributed by atoms with Gasteiger partial charge in [0.15, 0.2) is 0 Å². The summed E-state index contributed by atoms with van der Waals surface area (Å²) < 4.78 is 25.0. The van der Waals surface area contributed by atoms with Gasteiger partial charge in [-0.25, -0.2) is 8.42 Å². The smallest absolute Gasteiger partial charge is 0.242 e. The predicted molar refractivity (Wildman–Crippen MR) is 86.3 cm³/mol. The van der Waals surface area contributed by atoms with Crippen molar-refractivity contribution in [2.45, 2.75) is 44.6 Å². The molecule has 2 aliphatic rings. The molecule has 1 aliphatic carbocycles. The van der Waals surface area contributed by atoms with Crippen LogP contribution in [0, 0.1) is 0 Å². The number of carbonyl (C=O) groups excluding carboxylic acids is 1. The molecular formula is C16H22N2O3S. The highest BCUT2D eigenvalue weighted by atomic mass is 32.2. The lowest BCUT2D eigenvalue weighted by molar-refractivity contribution is -0.120. The second-order valence-electron chi connectivity index (χ2n) is 6.21. The van der Waals surface area contributed by atoms with Gasteiger partial charge in [-0.15, -0.1) is 0 Å². The fourth-order valence-electron chi connectivity index (χ4n) is 3.44. The number of piperidine rings is 1. The molecule has 1 amide bonds. The number of nitrogens with one attached hydrogen (secondary N) is 1. The topological polar surface area (TPSA) is 66.5 Å². The highest BCUT2D eigenvalue weighted by Gasteiger charge is 2.34. The normalized spacial score (nSPS) is 22.3. The summed E-state index contributed by atoms with van der Waals surface area (Å²) in [5.41, 5.74) is 3.42. The number of nitrogens with zero attached hydrogens (tertiary/aromatic N) is 1. The second-order valence-corrected chi connectivity index (χ2v) is 8.15. The number of amides is 1. The standard InChI is InChI=1S/C16H22N2O3S/c1-22(20,21)18-10-3-2-7-15(18)16(19)17-14-9-8-12-5-4-6-13(12)11-14/h8-9,11,15H,2-7,10H2,1H3,(H,17,19). The van der Waals surface area contributed by atoms with Crippen LogP contribution < -0.4 is 5.32 Å². The summed E-state index contributed by atoms with van der Waals surface area (Å²) in [7, 11) is -3.35. The molecule has 1 saturated heterocycles. The third-order valence-corrected chi connectivity index (χ3v) is 5.84. The Labute approximate surface area is 131 Å². The fourth-order valence-corrected chi connectivity index (χ4v) is 4.56. The van der Waals surface area contributed by atoms with E-state index < -0.39 is 16.1 Å². The van der Waals surface area contributed by atoms with Gasteiger partial charge in [-0.2, -0.15) is 4.31 Å². The molecule has 1 N–H and O–H groups in total. The Kier molecular flexibility index (Phi) is 4.23. The summed E-state index contributed by atoms with van der Waals surface area (Å²) in [5, 5.41) is 2.90. The van der Waals surface area contributed by atoms with Crippen LogP contribution in [-0.2, 0) is 27.7 Å². The molecule has 1 fully saturated rings. The van der Waals surface area contributed by atoms with E-state index >= 15 is 0 Å².